The van der Waals surface area contributed by atoms with Crippen LogP contribution >= 0.6 is 0 Å². The smallest absolute Gasteiger partial charge is 0.226 e. The molecule has 124 valence electrons. The van der Waals surface area contributed by atoms with E-state index in [-0.39, 0.29) is 12.3 Å². The molecule has 1 amide bonds. The molecule has 1 N–H and O–H groups in total. The number of nitrogens with zero attached hydrogens (tertiary/aromatic N) is 2. The molecule has 6 nitrogen and oxygen atoms in total. The topological polar surface area (TPSA) is 67.6 Å². The number of carbonyl (C=O) groups excluding carboxylic acids is 1. The van der Waals surface area contributed by atoms with Crippen LogP contribution < -0.4 is 10.1 Å². The highest BCUT2D eigenvalue weighted by atomic mass is 16.5. The molecule has 23 heavy (non-hydrogen) atoms. The van der Waals surface area contributed by atoms with Crippen LogP contribution in [0.3, 0.4) is 0 Å². The summed E-state index contributed by atoms with van der Waals surface area (Å²) in [6, 6.07) is 9.29. The lowest BCUT2D eigenvalue weighted by Crippen LogP contribution is -2.28. The van der Waals surface area contributed by atoms with Crippen LogP contribution in [0, 0.1) is 0 Å². The molecular weight excluding hydrogens is 294 g/mol. The average molecular weight is 317 g/mol. The van der Waals surface area contributed by atoms with E-state index in [1.165, 1.54) is 0 Å². The number of hydrogen-bond acceptors (Lipinski definition) is 5. The maximum Gasteiger partial charge on any atom is 0.226 e. The van der Waals surface area contributed by atoms with Gasteiger partial charge in [0.05, 0.1) is 19.2 Å². The van der Waals surface area contributed by atoms with Crippen molar-refractivity contribution in [2.24, 2.45) is 0 Å². The molecule has 0 atom stereocenters. The van der Waals surface area contributed by atoms with E-state index in [1.807, 2.05) is 38.4 Å². The molecule has 1 heterocycles. The number of amides is 1. The summed E-state index contributed by atoms with van der Waals surface area (Å²) in [5, 5.41) is 6.84. The van der Waals surface area contributed by atoms with Crippen molar-refractivity contribution in [3.63, 3.8) is 0 Å². The first-order valence-electron chi connectivity index (χ1n) is 7.60. The van der Waals surface area contributed by atoms with E-state index in [4.69, 9.17) is 9.26 Å². The third-order valence-corrected chi connectivity index (χ3v) is 3.38. The first-order chi connectivity index (χ1) is 11.1. The Balaban J connectivity index is 1.85. The van der Waals surface area contributed by atoms with E-state index < -0.39 is 0 Å². The Bertz CT molecular complexity index is 620. The molecule has 0 aliphatic rings. The van der Waals surface area contributed by atoms with Gasteiger partial charge in [-0.1, -0.05) is 5.16 Å². The molecule has 0 spiro atoms. The van der Waals surface area contributed by atoms with Gasteiger partial charge in [-0.25, -0.2) is 0 Å². The molecule has 0 radical (unpaired) electrons. The van der Waals surface area contributed by atoms with Gasteiger partial charge in [-0.2, -0.15) is 0 Å². The van der Waals surface area contributed by atoms with Crippen molar-refractivity contribution in [1.82, 2.24) is 15.4 Å². The molecule has 2 rings (SSSR count). The zero-order valence-corrected chi connectivity index (χ0v) is 13.8. The normalized spacial score (nSPS) is 10.8. The van der Waals surface area contributed by atoms with Gasteiger partial charge in [0.1, 0.15) is 5.75 Å². The van der Waals surface area contributed by atoms with E-state index in [2.05, 4.69) is 15.4 Å². The van der Waals surface area contributed by atoms with E-state index in [0.717, 1.165) is 24.3 Å². The second kappa shape index (κ2) is 8.33. The SMILES string of the molecule is COc1ccc(-c2cc(CC(=O)NCCCN(C)C)no2)cc1. The molecule has 0 aliphatic carbocycles. The minimum atomic E-state index is -0.0432. The van der Waals surface area contributed by atoms with Gasteiger partial charge in [0, 0.05) is 18.2 Å². The molecule has 2 aromatic rings. The fourth-order valence-electron chi connectivity index (χ4n) is 2.14. The van der Waals surface area contributed by atoms with Crippen molar-refractivity contribution < 1.29 is 14.1 Å². The monoisotopic (exact) mass is 317 g/mol. The van der Waals surface area contributed by atoms with E-state index in [1.54, 1.807) is 13.2 Å². The molecule has 0 aliphatic heterocycles. The largest absolute Gasteiger partial charge is 0.497 e. The average Bonchev–Trinajstić information content (AvgIpc) is 3.00. The fraction of sp³-hybridized carbons (Fsp3) is 0.412. The van der Waals surface area contributed by atoms with E-state index in [0.29, 0.717) is 18.0 Å². The number of hydrogen-bond donors (Lipinski definition) is 1. The van der Waals surface area contributed by atoms with Crippen molar-refractivity contribution in [3.05, 3.63) is 36.0 Å². The number of ether oxygens (including phenoxy) is 1. The van der Waals surface area contributed by atoms with Crippen molar-refractivity contribution in [2.45, 2.75) is 12.8 Å². The Morgan fingerprint density at radius 1 is 1.30 bits per heavy atom. The number of aromatic nitrogens is 1. The van der Waals surface area contributed by atoms with Crippen LogP contribution in [-0.4, -0.2) is 50.3 Å². The number of carbonyl (C=O) groups is 1. The third kappa shape index (κ3) is 5.41. The number of nitrogens with one attached hydrogen (secondary N) is 1. The maximum absolute atomic E-state index is 11.9. The lowest BCUT2D eigenvalue weighted by molar-refractivity contribution is -0.120. The molecule has 0 bridgehead atoms. The van der Waals surface area contributed by atoms with Gasteiger partial charge in [0.2, 0.25) is 5.91 Å². The minimum Gasteiger partial charge on any atom is -0.497 e. The summed E-state index contributed by atoms with van der Waals surface area (Å²) >= 11 is 0. The van der Waals surface area contributed by atoms with Crippen molar-refractivity contribution in [2.75, 3.05) is 34.3 Å². The Morgan fingerprint density at radius 3 is 2.70 bits per heavy atom. The van der Waals surface area contributed by atoms with E-state index >= 15 is 0 Å². The van der Waals surface area contributed by atoms with Crippen LogP contribution in [-0.2, 0) is 11.2 Å². The molecule has 0 saturated heterocycles. The number of benzene rings is 1. The highest BCUT2D eigenvalue weighted by molar-refractivity contribution is 5.78. The second-order valence-electron chi connectivity index (χ2n) is 5.59. The van der Waals surface area contributed by atoms with Gasteiger partial charge in [-0.15, -0.1) is 0 Å². The maximum atomic E-state index is 11.9. The summed E-state index contributed by atoms with van der Waals surface area (Å²) in [6.07, 6.45) is 1.15. The highest BCUT2D eigenvalue weighted by Gasteiger charge is 2.10. The first kappa shape index (κ1) is 17.0. The number of methoxy groups -OCH3 is 1. The Hall–Kier alpha value is -2.34. The molecule has 0 unspecified atom stereocenters. The standard InChI is InChI=1S/C17H23N3O3/c1-20(2)10-4-9-18-17(21)12-14-11-16(23-19-14)13-5-7-15(22-3)8-6-13/h5-8,11H,4,9-10,12H2,1-3H3,(H,18,21). The third-order valence-electron chi connectivity index (χ3n) is 3.38. The molecule has 0 saturated carbocycles. The summed E-state index contributed by atoms with van der Waals surface area (Å²) in [5.41, 5.74) is 1.52. The molecule has 1 aromatic heterocycles. The van der Waals surface area contributed by atoms with Crippen LogP contribution in [0.4, 0.5) is 0 Å². The summed E-state index contributed by atoms with van der Waals surface area (Å²) in [6.45, 7) is 1.62. The zero-order chi connectivity index (χ0) is 16.7. The van der Waals surface area contributed by atoms with Crippen molar-refractivity contribution in [1.29, 1.82) is 0 Å². The quantitative estimate of drug-likeness (QED) is 0.754. The van der Waals surface area contributed by atoms with Gasteiger partial charge in [-0.05, 0) is 51.3 Å². The minimum absolute atomic E-state index is 0.0432. The lowest BCUT2D eigenvalue weighted by atomic mass is 10.1. The summed E-state index contributed by atoms with van der Waals surface area (Å²) in [5.74, 6) is 1.38. The lowest BCUT2D eigenvalue weighted by Gasteiger charge is -2.09. The Labute approximate surface area is 136 Å². The first-order valence-corrected chi connectivity index (χ1v) is 7.60. The van der Waals surface area contributed by atoms with Crippen LogP contribution in [0.2, 0.25) is 0 Å². The zero-order valence-electron chi connectivity index (χ0n) is 13.8. The molecule has 6 heteroatoms. The predicted molar refractivity (Wildman–Crippen MR) is 88.4 cm³/mol. The van der Waals surface area contributed by atoms with Crippen LogP contribution in [0.1, 0.15) is 12.1 Å². The predicted octanol–water partition coefficient (Wildman–Crippen LogP) is 1.96. The summed E-state index contributed by atoms with van der Waals surface area (Å²) in [4.78, 5) is 14.0. The Morgan fingerprint density at radius 2 is 2.04 bits per heavy atom. The van der Waals surface area contributed by atoms with Gasteiger partial charge >= 0.3 is 0 Å². The summed E-state index contributed by atoms with van der Waals surface area (Å²) in [7, 11) is 5.65. The van der Waals surface area contributed by atoms with Gasteiger partial charge in [-0.3, -0.25) is 4.79 Å². The Kier molecular flexibility index (Phi) is 6.17. The molecule has 1 aromatic carbocycles. The van der Waals surface area contributed by atoms with Crippen molar-refractivity contribution in [3.8, 4) is 17.1 Å². The highest BCUT2D eigenvalue weighted by Crippen LogP contribution is 2.23. The second-order valence-corrected chi connectivity index (χ2v) is 5.59. The van der Waals surface area contributed by atoms with Crippen LogP contribution in [0.25, 0.3) is 11.3 Å². The van der Waals surface area contributed by atoms with Crippen LogP contribution in [0.15, 0.2) is 34.9 Å². The summed E-state index contributed by atoms with van der Waals surface area (Å²) < 4.78 is 10.4. The van der Waals surface area contributed by atoms with Crippen LogP contribution in [0.5, 0.6) is 5.75 Å². The van der Waals surface area contributed by atoms with E-state index in [9.17, 15) is 4.79 Å². The molecule has 0 fully saturated rings. The van der Waals surface area contributed by atoms with Crippen molar-refractivity contribution >= 4 is 5.91 Å². The van der Waals surface area contributed by atoms with Gasteiger partial charge in [0.25, 0.3) is 0 Å². The number of rotatable bonds is 8. The fourth-order valence-corrected chi connectivity index (χ4v) is 2.14. The van der Waals surface area contributed by atoms with Gasteiger partial charge < -0.3 is 19.5 Å². The van der Waals surface area contributed by atoms with Gasteiger partial charge in [0.15, 0.2) is 5.76 Å². The molecular formula is C17H23N3O3.